The Morgan fingerprint density at radius 2 is 1.51 bits per heavy atom. The number of methoxy groups -OCH3 is 2. The number of ether oxygens (including phenoxy) is 5. The third-order valence-corrected chi connectivity index (χ3v) is 15.2. The van der Waals surface area contributed by atoms with Crippen molar-refractivity contribution in [2.24, 2.45) is 29.4 Å². The van der Waals surface area contributed by atoms with Crippen LogP contribution in [0.2, 0.25) is 0 Å². The number of likely N-dealkylation sites (N-methyl/N-ethyl adjacent to an activating group) is 2. The van der Waals surface area contributed by atoms with Gasteiger partial charge in [0, 0.05) is 47.8 Å². The van der Waals surface area contributed by atoms with E-state index >= 15 is 0 Å². The van der Waals surface area contributed by atoms with Crippen molar-refractivity contribution in [3.05, 3.63) is 59.7 Å². The fourth-order valence-corrected chi connectivity index (χ4v) is 10.4. The number of nitrogens with zero attached hydrogens (tertiary/aromatic N) is 3. The lowest BCUT2D eigenvalue weighted by Crippen LogP contribution is -2.61. The number of hydrogen-bond donors (Lipinski definition) is 9. The van der Waals surface area contributed by atoms with Gasteiger partial charge in [0.1, 0.15) is 42.8 Å². The Morgan fingerprint density at radius 3 is 2.09 bits per heavy atom. The molecule has 0 spiro atoms. The number of likely N-dealkylation sites (tertiary alicyclic amines) is 1. The van der Waals surface area contributed by atoms with Crippen LogP contribution in [0.4, 0.5) is 10.5 Å². The topological polar surface area (TPSA) is 339 Å². The number of carboxylic acids is 1. The number of carboxylic acid groups (broad SMARTS) is 1. The minimum Gasteiger partial charge on any atom is -0.479 e. The summed E-state index contributed by atoms with van der Waals surface area (Å²) in [4.78, 5) is 99.7. The number of hydrogen-bond acceptors (Lipinski definition) is 17. The van der Waals surface area contributed by atoms with Gasteiger partial charge in [-0.3, -0.25) is 28.9 Å². The Bertz CT molecular complexity index is 2380. The van der Waals surface area contributed by atoms with Gasteiger partial charge in [0.25, 0.3) is 0 Å². The Labute approximate surface area is 468 Å². The first-order valence-corrected chi connectivity index (χ1v) is 27.3. The lowest BCUT2D eigenvalue weighted by molar-refractivity contribution is -0.271. The lowest BCUT2D eigenvalue weighted by Gasteiger charge is -2.41. The van der Waals surface area contributed by atoms with Gasteiger partial charge in [-0.1, -0.05) is 91.3 Å². The second kappa shape index (κ2) is 30.7. The molecule has 24 heteroatoms. The quantitative estimate of drug-likeness (QED) is 0.0589. The van der Waals surface area contributed by atoms with Gasteiger partial charge in [-0.05, 0) is 60.8 Å². The molecule has 0 saturated carbocycles. The smallest absolute Gasteiger partial charge is 0.410 e. The van der Waals surface area contributed by atoms with E-state index in [4.69, 9.17) is 29.4 Å². The van der Waals surface area contributed by atoms with Crippen molar-refractivity contribution >= 4 is 47.3 Å². The molecule has 6 amide bonds. The van der Waals surface area contributed by atoms with Crippen LogP contribution in [0.25, 0.3) is 0 Å². The van der Waals surface area contributed by atoms with Crippen molar-refractivity contribution in [2.75, 3.05) is 46.7 Å². The summed E-state index contributed by atoms with van der Waals surface area (Å²) in [6.07, 6.45) is -11.3. The summed E-state index contributed by atoms with van der Waals surface area (Å²) in [5.41, 5.74) is 6.50. The van der Waals surface area contributed by atoms with Gasteiger partial charge >= 0.3 is 12.1 Å². The molecule has 0 bridgehead atoms. The molecular weight excluding hydrogens is 1040 g/mol. The third-order valence-electron chi connectivity index (χ3n) is 15.2. The molecule has 2 fully saturated rings. The van der Waals surface area contributed by atoms with Crippen LogP contribution in [-0.2, 0) is 54.3 Å². The molecule has 2 heterocycles. The van der Waals surface area contributed by atoms with E-state index in [9.17, 15) is 59.1 Å². The van der Waals surface area contributed by atoms with E-state index in [1.165, 1.54) is 44.4 Å². The van der Waals surface area contributed by atoms with E-state index in [-0.39, 0.29) is 48.6 Å². The number of aliphatic carboxylic acids is 1. The van der Waals surface area contributed by atoms with Crippen LogP contribution in [-0.4, -0.2) is 196 Å². The van der Waals surface area contributed by atoms with Gasteiger partial charge in [0.2, 0.25) is 35.8 Å². The number of rotatable bonds is 28. The number of benzene rings is 2. The van der Waals surface area contributed by atoms with Gasteiger partial charge in [-0.15, -0.1) is 0 Å². The highest BCUT2D eigenvalue weighted by Crippen LogP contribution is 2.33. The fraction of sp³-hybridized carbons (Fsp3) is 0.661. The van der Waals surface area contributed by atoms with Gasteiger partial charge in [-0.2, -0.15) is 0 Å². The second-order valence-corrected chi connectivity index (χ2v) is 21.6. The van der Waals surface area contributed by atoms with E-state index in [0.29, 0.717) is 36.9 Å². The summed E-state index contributed by atoms with van der Waals surface area (Å²) < 4.78 is 28.6. The minimum atomic E-state index is -1.97. The molecule has 4 rings (SSSR count). The highest BCUT2D eigenvalue weighted by Gasteiger charge is 2.49. The summed E-state index contributed by atoms with van der Waals surface area (Å²) in [6.45, 7) is 14.4. The summed E-state index contributed by atoms with van der Waals surface area (Å²) in [5.74, 6) is -5.83. The normalized spacial score (nSPS) is 22.6. The molecule has 0 aliphatic carbocycles. The van der Waals surface area contributed by atoms with Crippen molar-refractivity contribution in [2.45, 2.75) is 173 Å². The number of aliphatic hydroxyl groups excluding tert-OH is 4. The van der Waals surface area contributed by atoms with E-state index in [1.807, 2.05) is 32.0 Å². The van der Waals surface area contributed by atoms with E-state index in [2.05, 4.69) is 16.0 Å². The molecule has 80 heavy (non-hydrogen) atoms. The van der Waals surface area contributed by atoms with Gasteiger partial charge in [0.15, 0.2) is 6.10 Å². The number of aliphatic hydroxyl groups is 4. The standard InChI is InChI=1S/C56H87N7O17/c1-13-31(6)44(39(76-11)27-41(65)63-25-17-20-37(63)49(77-12)32(7)51(70)58-33(8)45(66)35-18-15-14-16-19-35)61(9)53(72)42(29(2)3)60-52(71)43(30(4)5)62(10)56(75)78-28-34-21-22-38(36(26-34)59-40(64)23-24-57)79-55-48(69)46(67)47(68)50(80-55)54(73)74/h14-16,18-19,21-22,26,29-33,37,39,42-50,55,66-69H,13,17,20,23-25,27-28,57H2,1-12H3,(H,58,70)(H,59,64)(H,60,71)(H,73,74)/t31?,32?,33?,37?,39?,42?,43?,44?,45?,46-,47-,48+,49?,50-,55+/m1/s1. The summed E-state index contributed by atoms with van der Waals surface area (Å²) >= 11 is 0. The largest absolute Gasteiger partial charge is 0.479 e. The highest BCUT2D eigenvalue weighted by molar-refractivity contribution is 5.93. The Kier molecular flexibility index (Phi) is 25.5. The molecule has 2 aliphatic heterocycles. The number of nitrogens with one attached hydrogen (secondary N) is 3. The van der Waals surface area contributed by atoms with Gasteiger partial charge in [0.05, 0.1) is 54.5 Å². The number of carbonyl (C=O) groups excluding carboxylic acids is 6. The first-order valence-electron chi connectivity index (χ1n) is 27.3. The molecule has 2 saturated heterocycles. The van der Waals surface area contributed by atoms with E-state index in [0.717, 1.165) is 4.90 Å². The number of anilines is 1. The van der Waals surface area contributed by atoms with Crippen LogP contribution in [0, 0.1) is 23.7 Å². The molecule has 10 unspecified atom stereocenters. The average molecular weight is 1130 g/mol. The van der Waals surface area contributed by atoms with Crippen LogP contribution in [0.1, 0.15) is 105 Å². The van der Waals surface area contributed by atoms with Crippen molar-refractivity contribution in [1.29, 1.82) is 0 Å². The Balaban J connectivity index is 1.47. The zero-order valence-corrected chi connectivity index (χ0v) is 48.1. The van der Waals surface area contributed by atoms with Crippen molar-refractivity contribution < 1.29 is 82.8 Å². The molecule has 2 aromatic carbocycles. The minimum absolute atomic E-state index is 0.0190. The highest BCUT2D eigenvalue weighted by atomic mass is 16.7. The van der Waals surface area contributed by atoms with Crippen molar-refractivity contribution in [1.82, 2.24) is 25.3 Å². The van der Waals surface area contributed by atoms with E-state index in [1.54, 1.807) is 65.6 Å². The Hall–Kier alpha value is -5.99. The van der Waals surface area contributed by atoms with Crippen LogP contribution < -0.4 is 26.4 Å². The summed E-state index contributed by atoms with van der Waals surface area (Å²) in [5, 5.41) is 59.8. The molecule has 448 valence electrons. The summed E-state index contributed by atoms with van der Waals surface area (Å²) in [7, 11) is 5.97. The monoisotopic (exact) mass is 1130 g/mol. The zero-order chi connectivity index (χ0) is 59.9. The molecule has 2 aliphatic rings. The predicted molar refractivity (Wildman–Crippen MR) is 292 cm³/mol. The van der Waals surface area contributed by atoms with Crippen LogP contribution in [0.5, 0.6) is 5.75 Å². The van der Waals surface area contributed by atoms with Crippen LogP contribution in [0.15, 0.2) is 48.5 Å². The number of nitrogens with two attached hydrogens (primary N) is 1. The average Bonchev–Trinajstić information content (AvgIpc) is 3.91. The SMILES string of the molecule is CCC(C)C(C(CC(=O)N1CCCC1C(OC)C(C)C(=O)NC(C)C(O)c1ccccc1)OC)N(C)C(=O)C(NC(=O)C(C(C)C)N(C)C(=O)OCc1ccc(O[C@H]2O[C@@H](C(=O)O)[C@H](O)[C@@H](O)[C@@H]2O)c(NC(=O)CCN)c1)C(C)C. The Morgan fingerprint density at radius 1 is 0.850 bits per heavy atom. The van der Waals surface area contributed by atoms with Crippen LogP contribution in [0.3, 0.4) is 0 Å². The van der Waals surface area contributed by atoms with Crippen molar-refractivity contribution in [3.63, 3.8) is 0 Å². The molecule has 2 aromatic rings. The zero-order valence-electron chi connectivity index (χ0n) is 48.1. The van der Waals surface area contributed by atoms with Gasteiger partial charge < -0.3 is 80.7 Å². The maximum Gasteiger partial charge on any atom is 0.410 e. The first-order chi connectivity index (χ1) is 37.7. The second-order valence-electron chi connectivity index (χ2n) is 21.6. The molecule has 10 N–H and O–H groups in total. The molecule has 0 aromatic heterocycles. The number of carbonyl (C=O) groups is 7. The first kappa shape index (κ1) is 66.5. The molecule has 24 nitrogen and oxygen atoms in total. The maximum atomic E-state index is 14.7. The maximum absolute atomic E-state index is 14.7. The number of amides is 6. The third kappa shape index (κ3) is 16.8. The predicted octanol–water partition coefficient (Wildman–Crippen LogP) is 2.14. The van der Waals surface area contributed by atoms with Gasteiger partial charge in [-0.25, -0.2) is 9.59 Å². The summed E-state index contributed by atoms with van der Waals surface area (Å²) in [6, 6.07) is 9.20. The van der Waals surface area contributed by atoms with Crippen molar-refractivity contribution in [3.8, 4) is 5.75 Å². The lowest BCUT2D eigenvalue weighted by atomic mass is 9.89. The van der Waals surface area contributed by atoms with Crippen LogP contribution >= 0.6 is 0 Å². The van der Waals surface area contributed by atoms with E-state index < -0.39 is 133 Å². The molecular formula is C56H87N7O17. The molecule has 0 radical (unpaired) electrons. The fourth-order valence-electron chi connectivity index (χ4n) is 10.4. The molecule has 15 atom stereocenters.